The van der Waals surface area contributed by atoms with E-state index in [-0.39, 0.29) is 36.7 Å². The zero-order valence-corrected chi connectivity index (χ0v) is 36.0. The smallest absolute Gasteiger partial charge is 0.275 e. The van der Waals surface area contributed by atoms with Gasteiger partial charge in [0.25, 0.3) is 11.8 Å². The molecule has 2 spiro atoms. The number of carbonyl (C=O) groups is 4. The minimum atomic E-state index is -0.636. The van der Waals surface area contributed by atoms with Crippen LogP contribution in [0, 0.1) is 20.8 Å². The molecule has 4 aliphatic rings. The van der Waals surface area contributed by atoms with Crippen LogP contribution in [0.4, 0.5) is 11.4 Å². The first kappa shape index (κ1) is 43.0. The number of rotatable bonds is 9. The van der Waals surface area contributed by atoms with E-state index >= 15 is 0 Å². The number of nitrogens with one attached hydrogen (secondary N) is 2. The van der Waals surface area contributed by atoms with Crippen molar-refractivity contribution in [2.75, 3.05) is 30.8 Å². The van der Waals surface area contributed by atoms with Gasteiger partial charge in [0, 0.05) is 22.5 Å². The Hall–Kier alpha value is -6.10. The summed E-state index contributed by atoms with van der Waals surface area (Å²) in [6.45, 7) is 6.06. The Kier molecular flexibility index (Phi) is 13.5. The zero-order valence-electron chi connectivity index (χ0n) is 36.0. The van der Waals surface area contributed by atoms with Gasteiger partial charge in [-0.1, -0.05) is 74.2 Å². The quantitative estimate of drug-likeness (QED) is 0.174. The van der Waals surface area contributed by atoms with E-state index in [1.165, 1.54) is 5.56 Å². The molecule has 0 radical (unpaired) electrons. The Bertz CT molecular complexity index is 2290. The number of nitrogens with zero attached hydrogens (tertiary/aromatic N) is 4. The van der Waals surface area contributed by atoms with Gasteiger partial charge in [0.1, 0.15) is 41.6 Å². The molecule has 2 aliphatic carbocycles. The summed E-state index contributed by atoms with van der Waals surface area (Å²) in [6.07, 6.45) is 11.8. The lowest BCUT2D eigenvalue weighted by Crippen LogP contribution is -2.50. The molecule has 8 rings (SSSR count). The van der Waals surface area contributed by atoms with Crippen molar-refractivity contribution in [3.05, 3.63) is 125 Å². The van der Waals surface area contributed by atoms with Gasteiger partial charge in [-0.25, -0.2) is 0 Å². The maximum absolute atomic E-state index is 13.5. The standard InChI is InChI=1S/C26H31N3O3.C24H27N3O2/c1-18-8-11-21(16-19(18)2)27-23(30)17-29-25(31)24(20-9-12-22(32-3)13-10-20)28-26(29)14-6-4-5-7-15-26;1-18-10-9-13-20(16-18)25-21(28)17-27-23(29)22(19-11-5-4-6-12-19)26-24(27)14-7-2-3-8-15-24/h8-13,16H,4-7,14-15,17H2,1-3H3,(H,27,30);4-6,9-13,16H,2-3,7-8,14-15,17H2,1H3,(H,25,28). The van der Waals surface area contributed by atoms with Gasteiger partial charge in [-0.3, -0.25) is 29.2 Å². The molecule has 2 fully saturated rings. The molecule has 2 N–H and O–H groups in total. The Balaban J connectivity index is 0.000000185. The molecule has 11 nitrogen and oxygen atoms in total. The number of hydrogen-bond donors (Lipinski definition) is 2. The Morgan fingerprint density at radius 2 is 1.07 bits per heavy atom. The van der Waals surface area contributed by atoms with Crippen molar-refractivity contribution in [3.8, 4) is 5.75 Å². The van der Waals surface area contributed by atoms with Crippen molar-refractivity contribution in [3.63, 3.8) is 0 Å². The molecule has 0 unspecified atom stereocenters. The van der Waals surface area contributed by atoms with E-state index in [2.05, 4.69) is 10.6 Å². The number of aliphatic imine (C=N–C) groups is 2. The molecular weight excluding hydrogens is 765 g/mol. The topological polar surface area (TPSA) is 133 Å². The van der Waals surface area contributed by atoms with Gasteiger partial charge in [-0.05, 0) is 137 Å². The number of benzene rings is 4. The summed E-state index contributed by atoms with van der Waals surface area (Å²) >= 11 is 0. The molecule has 11 heteroatoms. The predicted molar refractivity (Wildman–Crippen MR) is 241 cm³/mol. The second-order valence-corrected chi connectivity index (χ2v) is 16.9. The van der Waals surface area contributed by atoms with Crippen molar-refractivity contribution < 1.29 is 23.9 Å². The van der Waals surface area contributed by atoms with Gasteiger partial charge in [0.2, 0.25) is 11.8 Å². The van der Waals surface area contributed by atoms with Crippen molar-refractivity contribution in [2.45, 2.75) is 109 Å². The fourth-order valence-corrected chi connectivity index (χ4v) is 9.01. The van der Waals surface area contributed by atoms with E-state index in [0.717, 1.165) is 116 Å². The molecule has 4 amide bonds. The largest absolute Gasteiger partial charge is 0.497 e. The molecular formula is C50H58N6O5. The highest BCUT2D eigenvalue weighted by atomic mass is 16.5. The normalized spacial score (nSPS) is 18.1. The van der Waals surface area contributed by atoms with Crippen LogP contribution in [-0.2, 0) is 19.2 Å². The fraction of sp³-hybridized carbons (Fsp3) is 0.400. The lowest BCUT2D eigenvalue weighted by molar-refractivity contribution is -0.133. The first-order valence-corrected chi connectivity index (χ1v) is 21.8. The lowest BCUT2D eigenvalue weighted by atomic mass is 10.00. The van der Waals surface area contributed by atoms with E-state index in [9.17, 15) is 19.2 Å². The van der Waals surface area contributed by atoms with Gasteiger partial charge in [0.05, 0.1) is 7.11 Å². The van der Waals surface area contributed by atoms with Gasteiger partial charge < -0.3 is 25.2 Å². The van der Waals surface area contributed by atoms with E-state index in [1.54, 1.807) is 16.9 Å². The highest BCUT2D eigenvalue weighted by molar-refractivity contribution is 6.47. The third-order valence-electron chi connectivity index (χ3n) is 12.5. The van der Waals surface area contributed by atoms with Crippen LogP contribution in [0.1, 0.15) is 105 Å². The van der Waals surface area contributed by atoms with E-state index in [4.69, 9.17) is 14.7 Å². The molecule has 61 heavy (non-hydrogen) atoms. The highest BCUT2D eigenvalue weighted by Gasteiger charge is 2.49. The molecule has 4 aromatic carbocycles. The van der Waals surface area contributed by atoms with Crippen molar-refractivity contribution >= 4 is 46.4 Å². The molecule has 2 aliphatic heterocycles. The van der Waals surface area contributed by atoms with E-state index < -0.39 is 11.3 Å². The van der Waals surface area contributed by atoms with E-state index in [1.807, 2.05) is 118 Å². The predicted octanol–water partition coefficient (Wildman–Crippen LogP) is 8.95. The van der Waals surface area contributed by atoms with Gasteiger partial charge in [-0.15, -0.1) is 0 Å². The zero-order chi connectivity index (χ0) is 43.0. The van der Waals surface area contributed by atoms with Crippen LogP contribution < -0.4 is 15.4 Å². The third kappa shape index (κ3) is 9.93. The summed E-state index contributed by atoms with van der Waals surface area (Å²) in [4.78, 5) is 66.0. The number of anilines is 2. The second kappa shape index (κ2) is 19.1. The highest BCUT2D eigenvalue weighted by Crippen LogP contribution is 2.40. The SMILES string of the molecule is COc1ccc(C2=NC3(CCCCCC3)N(CC(=O)Nc3ccc(C)c(C)c3)C2=O)cc1.Cc1cccc(NC(=O)CN2C(=O)C(c3ccccc3)=NC23CCCCCC3)c1. The maximum Gasteiger partial charge on any atom is 0.275 e. The van der Waals surface area contributed by atoms with Crippen molar-refractivity contribution in [1.82, 2.24) is 9.80 Å². The van der Waals surface area contributed by atoms with Crippen molar-refractivity contribution in [2.24, 2.45) is 9.98 Å². The molecule has 0 atom stereocenters. The molecule has 2 heterocycles. The van der Waals surface area contributed by atoms with Crippen LogP contribution >= 0.6 is 0 Å². The minimum Gasteiger partial charge on any atom is -0.497 e. The second-order valence-electron chi connectivity index (χ2n) is 16.9. The fourth-order valence-electron chi connectivity index (χ4n) is 9.01. The summed E-state index contributed by atoms with van der Waals surface area (Å²) in [6, 6.07) is 30.5. The molecule has 4 aromatic rings. The Morgan fingerprint density at radius 3 is 1.54 bits per heavy atom. The summed E-state index contributed by atoms with van der Waals surface area (Å²) in [5, 5.41) is 5.90. The Morgan fingerprint density at radius 1 is 0.574 bits per heavy atom. The third-order valence-corrected chi connectivity index (χ3v) is 12.5. The number of amides is 4. The number of hydrogen-bond acceptors (Lipinski definition) is 7. The first-order valence-electron chi connectivity index (χ1n) is 21.8. The van der Waals surface area contributed by atoms with Crippen LogP contribution in [0.3, 0.4) is 0 Å². The van der Waals surface area contributed by atoms with Crippen LogP contribution in [0.25, 0.3) is 0 Å². The number of carbonyl (C=O) groups excluding carboxylic acids is 4. The monoisotopic (exact) mass is 822 g/mol. The van der Waals surface area contributed by atoms with Gasteiger partial charge in [0.15, 0.2) is 0 Å². The van der Waals surface area contributed by atoms with Crippen LogP contribution in [0.2, 0.25) is 0 Å². The number of methoxy groups -OCH3 is 1. The summed E-state index contributed by atoms with van der Waals surface area (Å²) in [7, 11) is 1.61. The van der Waals surface area contributed by atoms with Crippen molar-refractivity contribution in [1.29, 1.82) is 0 Å². The number of aryl methyl sites for hydroxylation is 3. The van der Waals surface area contributed by atoms with Crippen LogP contribution in [0.5, 0.6) is 5.75 Å². The lowest BCUT2D eigenvalue weighted by Gasteiger charge is -2.35. The molecule has 0 aromatic heterocycles. The van der Waals surface area contributed by atoms with Crippen LogP contribution in [0.15, 0.2) is 107 Å². The summed E-state index contributed by atoms with van der Waals surface area (Å²) in [5.41, 5.74) is 6.14. The average Bonchev–Trinajstić information content (AvgIpc) is 3.44. The molecule has 2 saturated carbocycles. The molecule has 0 saturated heterocycles. The minimum absolute atomic E-state index is 0.00505. The molecule has 0 bridgehead atoms. The maximum atomic E-state index is 13.5. The average molecular weight is 823 g/mol. The Labute approximate surface area is 359 Å². The number of ether oxygens (including phenoxy) is 1. The van der Waals surface area contributed by atoms with Gasteiger partial charge in [-0.2, -0.15) is 0 Å². The first-order chi connectivity index (χ1) is 29.5. The van der Waals surface area contributed by atoms with E-state index in [0.29, 0.717) is 11.4 Å². The molecule has 318 valence electrons. The summed E-state index contributed by atoms with van der Waals surface area (Å²) < 4.78 is 5.24. The van der Waals surface area contributed by atoms with Gasteiger partial charge >= 0.3 is 0 Å². The summed E-state index contributed by atoms with van der Waals surface area (Å²) in [5.74, 6) is 0.0342. The van der Waals surface area contributed by atoms with Crippen LogP contribution in [-0.4, -0.2) is 76.4 Å².